The zero-order valence-electron chi connectivity index (χ0n) is 14.9. The van der Waals surface area contributed by atoms with Gasteiger partial charge in [0.25, 0.3) is 0 Å². The maximum atomic E-state index is 4.99. The highest BCUT2D eigenvalue weighted by molar-refractivity contribution is 7.20. The Morgan fingerprint density at radius 2 is 2.00 bits per heavy atom. The van der Waals surface area contributed by atoms with Crippen LogP contribution < -0.4 is 5.32 Å². The van der Waals surface area contributed by atoms with Crippen LogP contribution in [0.2, 0.25) is 0 Å². The monoisotopic (exact) mass is 363 g/mol. The predicted octanol–water partition coefficient (Wildman–Crippen LogP) is 3.58. The lowest BCUT2D eigenvalue weighted by molar-refractivity contribution is 0.0886. The minimum atomic E-state index is 0.667. The Morgan fingerprint density at radius 3 is 2.77 bits per heavy atom. The molecule has 2 atom stereocenters. The van der Waals surface area contributed by atoms with Crippen LogP contribution in [0.25, 0.3) is 26.3 Å². The van der Waals surface area contributed by atoms with Gasteiger partial charge < -0.3 is 5.32 Å². The van der Waals surface area contributed by atoms with Crippen LogP contribution >= 0.6 is 11.3 Å². The second-order valence-electron chi connectivity index (χ2n) is 7.92. The molecule has 26 heavy (non-hydrogen) atoms. The molecule has 0 radical (unpaired) electrons. The minimum Gasteiger partial charge on any atom is -0.316 e. The first-order chi connectivity index (χ1) is 12.7. The third-order valence-corrected chi connectivity index (χ3v) is 7.19. The van der Waals surface area contributed by atoms with E-state index in [0.29, 0.717) is 5.92 Å². The van der Waals surface area contributed by atoms with E-state index in [1.54, 1.807) is 11.3 Å². The third kappa shape index (κ3) is 2.06. The summed E-state index contributed by atoms with van der Waals surface area (Å²) in [6, 6.07) is 4.48. The van der Waals surface area contributed by atoms with Crippen LogP contribution in [0.4, 0.5) is 0 Å². The van der Waals surface area contributed by atoms with Gasteiger partial charge in [-0.1, -0.05) is 11.3 Å². The van der Waals surface area contributed by atoms with Crippen molar-refractivity contribution in [1.82, 2.24) is 24.5 Å². The number of hydrogen-bond acceptors (Lipinski definition) is 4. The van der Waals surface area contributed by atoms with Gasteiger partial charge in [0.05, 0.1) is 16.1 Å². The van der Waals surface area contributed by atoms with Crippen LogP contribution in [0.1, 0.15) is 23.6 Å². The lowest BCUT2D eigenvalue weighted by Crippen LogP contribution is -2.51. The average molecular weight is 363 g/mol. The summed E-state index contributed by atoms with van der Waals surface area (Å²) in [4.78, 5) is 7.36. The van der Waals surface area contributed by atoms with Crippen LogP contribution in [-0.2, 0) is 7.05 Å². The SMILES string of the molecule is Cc1cc(-c2cn3cc(C4C5CNCC4C5)nc3s2)cc2cn(C)nc12. The Morgan fingerprint density at radius 1 is 1.15 bits per heavy atom. The number of imidazole rings is 1. The van der Waals surface area contributed by atoms with Crippen molar-refractivity contribution < 1.29 is 0 Å². The molecule has 4 aromatic rings. The minimum absolute atomic E-state index is 0.667. The maximum absolute atomic E-state index is 4.99. The number of nitrogens with zero attached hydrogens (tertiary/aromatic N) is 4. The first-order valence-electron chi connectivity index (χ1n) is 9.29. The molecule has 2 fully saturated rings. The van der Waals surface area contributed by atoms with Gasteiger partial charge in [0, 0.05) is 36.9 Å². The van der Waals surface area contributed by atoms with Crippen molar-refractivity contribution >= 4 is 27.2 Å². The van der Waals surface area contributed by atoms with Crippen LogP contribution in [0.5, 0.6) is 0 Å². The number of aromatic nitrogens is 4. The summed E-state index contributed by atoms with van der Waals surface area (Å²) in [5.74, 6) is 2.24. The summed E-state index contributed by atoms with van der Waals surface area (Å²) >= 11 is 1.78. The number of aryl methyl sites for hydroxylation is 2. The zero-order chi connectivity index (χ0) is 17.4. The Hall–Kier alpha value is -2.18. The number of thiazole rings is 1. The summed E-state index contributed by atoms with van der Waals surface area (Å²) in [5, 5.41) is 9.28. The molecule has 1 aliphatic carbocycles. The molecule has 2 bridgehead atoms. The highest BCUT2D eigenvalue weighted by atomic mass is 32.1. The lowest BCUT2D eigenvalue weighted by atomic mass is 9.61. The zero-order valence-corrected chi connectivity index (χ0v) is 15.8. The van der Waals surface area contributed by atoms with Crippen molar-refractivity contribution in [1.29, 1.82) is 0 Å². The molecular weight excluding hydrogens is 342 g/mol. The van der Waals surface area contributed by atoms with Gasteiger partial charge in [0.2, 0.25) is 0 Å². The summed E-state index contributed by atoms with van der Waals surface area (Å²) in [6.45, 7) is 4.45. The van der Waals surface area contributed by atoms with Crippen LogP contribution in [0, 0.1) is 18.8 Å². The van der Waals surface area contributed by atoms with E-state index in [4.69, 9.17) is 4.98 Å². The van der Waals surface area contributed by atoms with Gasteiger partial charge in [-0.15, -0.1) is 0 Å². The second kappa shape index (κ2) is 5.18. The van der Waals surface area contributed by atoms with E-state index >= 15 is 0 Å². The van der Waals surface area contributed by atoms with E-state index in [1.807, 2.05) is 11.7 Å². The van der Waals surface area contributed by atoms with Gasteiger partial charge >= 0.3 is 0 Å². The first kappa shape index (κ1) is 14.9. The average Bonchev–Trinajstić information content (AvgIpc) is 3.27. The molecule has 2 aliphatic rings. The fourth-order valence-corrected chi connectivity index (χ4v) is 5.87. The summed E-state index contributed by atoms with van der Waals surface area (Å²) in [7, 11) is 1.98. The molecule has 1 N–H and O–H groups in total. The number of benzene rings is 1. The smallest absolute Gasteiger partial charge is 0.194 e. The normalized spacial score (nSPS) is 25.1. The van der Waals surface area contributed by atoms with E-state index in [0.717, 1.165) is 35.4 Å². The molecule has 0 amide bonds. The van der Waals surface area contributed by atoms with Crippen molar-refractivity contribution in [2.24, 2.45) is 18.9 Å². The Labute approximate surface area is 155 Å². The fourth-order valence-electron chi connectivity index (χ4n) is 4.91. The lowest BCUT2D eigenvalue weighted by Gasteiger charge is -2.49. The highest BCUT2D eigenvalue weighted by Crippen LogP contribution is 2.49. The molecule has 132 valence electrons. The summed E-state index contributed by atoms with van der Waals surface area (Å²) in [5.41, 5.74) is 4.86. The summed E-state index contributed by atoms with van der Waals surface area (Å²) < 4.78 is 4.11. The van der Waals surface area contributed by atoms with Gasteiger partial charge in [-0.2, -0.15) is 5.10 Å². The molecule has 1 aliphatic heterocycles. The molecule has 1 saturated carbocycles. The van der Waals surface area contributed by atoms with Crippen LogP contribution in [0.15, 0.2) is 30.7 Å². The number of rotatable bonds is 2. The van der Waals surface area contributed by atoms with E-state index in [9.17, 15) is 0 Å². The van der Waals surface area contributed by atoms with Crippen molar-refractivity contribution in [3.63, 3.8) is 0 Å². The number of nitrogens with one attached hydrogen (secondary N) is 1. The molecular formula is C20H21N5S. The molecule has 1 saturated heterocycles. The van der Waals surface area contributed by atoms with Gasteiger partial charge in [-0.25, -0.2) is 4.98 Å². The largest absolute Gasteiger partial charge is 0.316 e. The predicted molar refractivity (Wildman–Crippen MR) is 105 cm³/mol. The molecule has 2 unspecified atom stereocenters. The molecule has 1 aromatic carbocycles. The van der Waals surface area contributed by atoms with Crippen molar-refractivity contribution in [3.05, 3.63) is 42.0 Å². The van der Waals surface area contributed by atoms with Gasteiger partial charge in [0.15, 0.2) is 4.96 Å². The van der Waals surface area contributed by atoms with Crippen molar-refractivity contribution in [3.8, 4) is 10.4 Å². The highest BCUT2D eigenvalue weighted by Gasteiger charge is 2.45. The number of piperidine rings is 2. The summed E-state index contributed by atoms with van der Waals surface area (Å²) in [6.07, 6.45) is 7.96. The molecule has 6 heteroatoms. The molecule has 0 spiro atoms. The van der Waals surface area contributed by atoms with E-state index in [-0.39, 0.29) is 0 Å². The van der Waals surface area contributed by atoms with Gasteiger partial charge in [-0.3, -0.25) is 9.08 Å². The maximum Gasteiger partial charge on any atom is 0.194 e. The van der Waals surface area contributed by atoms with Crippen molar-refractivity contribution in [2.45, 2.75) is 19.3 Å². The van der Waals surface area contributed by atoms with E-state index < -0.39 is 0 Å². The second-order valence-corrected chi connectivity index (χ2v) is 8.93. The van der Waals surface area contributed by atoms with Gasteiger partial charge in [0.1, 0.15) is 0 Å². The van der Waals surface area contributed by atoms with E-state index in [1.165, 1.54) is 33.5 Å². The van der Waals surface area contributed by atoms with Gasteiger partial charge in [-0.05, 0) is 61.5 Å². The molecule has 5 nitrogen and oxygen atoms in total. The Balaban J connectivity index is 1.39. The third-order valence-electron chi connectivity index (χ3n) is 6.15. The number of hydrogen-bond donors (Lipinski definition) is 1. The van der Waals surface area contributed by atoms with Crippen molar-refractivity contribution in [2.75, 3.05) is 13.1 Å². The quantitative estimate of drug-likeness (QED) is 0.592. The fraction of sp³-hybridized carbons (Fsp3) is 0.400. The Bertz CT molecular complexity index is 1100. The first-order valence-corrected chi connectivity index (χ1v) is 10.1. The van der Waals surface area contributed by atoms with E-state index in [2.05, 4.69) is 52.5 Å². The molecule has 6 rings (SSSR count). The number of fused-ring (bicyclic) bond motifs is 4. The topological polar surface area (TPSA) is 47.1 Å². The Kier molecular flexibility index (Phi) is 2.97. The molecule has 4 heterocycles. The van der Waals surface area contributed by atoms with Crippen LogP contribution in [0.3, 0.4) is 0 Å². The molecule has 3 aromatic heterocycles. The standard InChI is InChI=1S/C20H21N5S/c1-11-3-12(4-15-8-24(2)23-19(11)15)17-10-25-9-16(22-20(25)26-17)18-13-5-14(18)7-21-6-13/h3-4,8-10,13-14,18,21H,5-7H2,1-2H3. The van der Waals surface area contributed by atoms with Crippen LogP contribution in [-0.4, -0.2) is 32.3 Å².